The zero-order valence-corrected chi connectivity index (χ0v) is 12.9. The smallest absolute Gasteiger partial charge is 0.162 e. The molecule has 0 atom stereocenters. The van der Waals surface area contributed by atoms with Crippen molar-refractivity contribution < 1.29 is 4.79 Å². The van der Waals surface area contributed by atoms with Crippen LogP contribution in [0.15, 0.2) is 24.3 Å². The molecule has 2 N–H and O–H groups in total. The van der Waals surface area contributed by atoms with E-state index in [2.05, 4.69) is 6.92 Å². The highest BCUT2D eigenvalue weighted by Gasteiger charge is 2.05. The van der Waals surface area contributed by atoms with Gasteiger partial charge in [0, 0.05) is 12.0 Å². The van der Waals surface area contributed by atoms with E-state index in [0.717, 1.165) is 18.4 Å². The Morgan fingerprint density at radius 3 is 2.15 bits per heavy atom. The lowest BCUT2D eigenvalue weighted by atomic mass is 10.0. The van der Waals surface area contributed by atoms with Crippen molar-refractivity contribution in [1.82, 2.24) is 0 Å². The summed E-state index contributed by atoms with van der Waals surface area (Å²) in [5.74, 6) is 0.276. The van der Waals surface area contributed by atoms with E-state index in [1.807, 2.05) is 24.3 Å². The van der Waals surface area contributed by atoms with Crippen molar-refractivity contribution >= 4 is 5.78 Å². The van der Waals surface area contributed by atoms with Gasteiger partial charge in [-0.3, -0.25) is 4.79 Å². The van der Waals surface area contributed by atoms with Gasteiger partial charge in [-0.2, -0.15) is 0 Å². The predicted molar refractivity (Wildman–Crippen MR) is 86.1 cm³/mol. The van der Waals surface area contributed by atoms with Crippen LogP contribution in [0.1, 0.15) is 74.2 Å². The number of carbonyl (C=O) groups excluding carboxylic acids is 1. The van der Waals surface area contributed by atoms with Gasteiger partial charge in [-0.1, -0.05) is 69.7 Å². The summed E-state index contributed by atoms with van der Waals surface area (Å²) < 4.78 is 0. The van der Waals surface area contributed by atoms with E-state index < -0.39 is 0 Å². The first-order chi connectivity index (χ1) is 9.77. The van der Waals surface area contributed by atoms with Crippen molar-refractivity contribution in [1.29, 1.82) is 0 Å². The lowest BCUT2D eigenvalue weighted by Crippen LogP contribution is -2.03. The van der Waals surface area contributed by atoms with Gasteiger partial charge in [-0.05, 0) is 24.9 Å². The summed E-state index contributed by atoms with van der Waals surface area (Å²) in [6.07, 6.45) is 10.3. The van der Waals surface area contributed by atoms with E-state index in [9.17, 15) is 4.79 Å². The number of hydrogen-bond donors (Lipinski definition) is 1. The third-order valence-electron chi connectivity index (χ3n) is 3.72. The summed E-state index contributed by atoms with van der Waals surface area (Å²) in [5, 5.41) is 0. The zero-order chi connectivity index (χ0) is 14.6. The minimum atomic E-state index is 0.276. The lowest BCUT2D eigenvalue weighted by Gasteiger charge is -2.04. The largest absolute Gasteiger partial charge is 0.330 e. The van der Waals surface area contributed by atoms with Gasteiger partial charge in [-0.25, -0.2) is 0 Å². The molecular weight excluding hydrogens is 246 g/mol. The third kappa shape index (κ3) is 6.85. The van der Waals surface area contributed by atoms with Crippen LogP contribution in [0.2, 0.25) is 0 Å². The molecule has 0 spiro atoms. The Balaban J connectivity index is 2.18. The van der Waals surface area contributed by atoms with Gasteiger partial charge in [0.15, 0.2) is 5.78 Å². The second-order valence-corrected chi connectivity index (χ2v) is 5.53. The van der Waals surface area contributed by atoms with Crippen molar-refractivity contribution in [3.8, 4) is 0 Å². The lowest BCUT2D eigenvalue weighted by molar-refractivity contribution is 0.0979. The summed E-state index contributed by atoms with van der Waals surface area (Å²) in [7, 11) is 0. The van der Waals surface area contributed by atoms with E-state index in [1.165, 1.54) is 44.1 Å². The number of benzene rings is 1. The van der Waals surface area contributed by atoms with Gasteiger partial charge in [0.1, 0.15) is 0 Å². The third-order valence-corrected chi connectivity index (χ3v) is 3.72. The fraction of sp³-hybridized carbons (Fsp3) is 0.611. The summed E-state index contributed by atoms with van der Waals surface area (Å²) in [5.41, 5.74) is 7.57. The number of carbonyl (C=O) groups is 1. The van der Waals surface area contributed by atoms with E-state index in [0.29, 0.717) is 13.0 Å². The van der Waals surface area contributed by atoms with Gasteiger partial charge in [0.2, 0.25) is 0 Å². The quantitative estimate of drug-likeness (QED) is 0.477. The van der Waals surface area contributed by atoms with Crippen LogP contribution < -0.4 is 5.73 Å². The summed E-state index contributed by atoms with van der Waals surface area (Å²) >= 11 is 0. The Morgan fingerprint density at radius 1 is 0.950 bits per heavy atom. The Kier molecular flexibility index (Phi) is 8.97. The summed E-state index contributed by atoms with van der Waals surface area (Å²) in [6.45, 7) is 2.89. The molecule has 2 nitrogen and oxygen atoms in total. The molecule has 0 heterocycles. The Labute approximate surface area is 123 Å². The molecule has 1 aromatic rings. The summed E-state index contributed by atoms with van der Waals surface area (Å²) in [6, 6.07) is 7.92. The maximum Gasteiger partial charge on any atom is 0.162 e. The van der Waals surface area contributed by atoms with Crippen LogP contribution in [0.3, 0.4) is 0 Å². The van der Waals surface area contributed by atoms with E-state index >= 15 is 0 Å². The van der Waals surface area contributed by atoms with Gasteiger partial charge in [-0.15, -0.1) is 0 Å². The average Bonchev–Trinajstić information content (AvgIpc) is 2.47. The van der Waals surface area contributed by atoms with Gasteiger partial charge in [0.25, 0.3) is 0 Å². The number of rotatable bonds is 11. The molecule has 1 rings (SSSR count). The molecule has 0 amide bonds. The van der Waals surface area contributed by atoms with Crippen molar-refractivity contribution in [2.45, 2.75) is 64.7 Å². The van der Waals surface area contributed by atoms with Crippen molar-refractivity contribution in [3.05, 3.63) is 35.4 Å². The minimum absolute atomic E-state index is 0.276. The second kappa shape index (κ2) is 10.6. The predicted octanol–water partition coefficient (Wildman–Crippen LogP) is 4.51. The number of hydrogen-bond acceptors (Lipinski definition) is 2. The molecule has 1 aromatic carbocycles. The molecule has 20 heavy (non-hydrogen) atoms. The Bertz CT molecular complexity index is 370. The van der Waals surface area contributed by atoms with Crippen molar-refractivity contribution in [2.24, 2.45) is 5.73 Å². The standard InChI is InChI=1S/C18H29NO/c1-2-3-4-5-6-7-8-9-18(20)17-12-10-16(11-13-17)14-15-19/h10-13H,2-9,14-15,19H2,1H3. The SMILES string of the molecule is CCCCCCCCCC(=O)c1ccc(CCN)cc1. The first kappa shape index (κ1) is 16.9. The maximum atomic E-state index is 12.0. The van der Waals surface area contributed by atoms with Crippen molar-refractivity contribution in [2.75, 3.05) is 6.54 Å². The summed E-state index contributed by atoms with van der Waals surface area (Å²) in [4.78, 5) is 12.0. The van der Waals surface area contributed by atoms with Gasteiger partial charge in [0.05, 0.1) is 0 Å². The highest BCUT2D eigenvalue weighted by Crippen LogP contribution is 2.12. The molecule has 2 heteroatoms. The molecule has 0 aromatic heterocycles. The van der Waals surface area contributed by atoms with Crippen LogP contribution in [0.4, 0.5) is 0 Å². The molecule has 0 bridgehead atoms. The van der Waals surface area contributed by atoms with E-state index in [1.54, 1.807) is 0 Å². The minimum Gasteiger partial charge on any atom is -0.330 e. The molecule has 0 radical (unpaired) electrons. The molecule has 112 valence electrons. The van der Waals surface area contributed by atoms with Gasteiger partial charge < -0.3 is 5.73 Å². The fourth-order valence-electron chi connectivity index (χ4n) is 2.41. The molecule has 0 fully saturated rings. The molecule has 0 saturated carbocycles. The van der Waals surface area contributed by atoms with Crippen molar-refractivity contribution in [3.63, 3.8) is 0 Å². The average molecular weight is 275 g/mol. The maximum absolute atomic E-state index is 12.0. The van der Waals surface area contributed by atoms with Gasteiger partial charge >= 0.3 is 0 Å². The van der Waals surface area contributed by atoms with Crippen LogP contribution >= 0.6 is 0 Å². The number of ketones is 1. The Hall–Kier alpha value is -1.15. The first-order valence-corrected chi connectivity index (χ1v) is 8.10. The zero-order valence-electron chi connectivity index (χ0n) is 12.9. The molecule has 0 unspecified atom stereocenters. The van der Waals surface area contributed by atoms with E-state index in [4.69, 9.17) is 5.73 Å². The Morgan fingerprint density at radius 2 is 1.55 bits per heavy atom. The molecule has 0 aliphatic carbocycles. The fourth-order valence-corrected chi connectivity index (χ4v) is 2.41. The molecular formula is C18H29NO. The second-order valence-electron chi connectivity index (χ2n) is 5.53. The molecule has 0 saturated heterocycles. The molecule has 0 aliphatic heterocycles. The van der Waals surface area contributed by atoms with Crippen LogP contribution in [0.25, 0.3) is 0 Å². The van der Waals surface area contributed by atoms with Crippen LogP contribution in [-0.4, -0.2) is 12.3 Å². The topological polar surface area (TPSA) is 43.1 Å². The number of nitrogens with two attached hydrogens (primary N) is 1. The highest BCUT2D eigenvalue weighted by molar-refractivity contribution is 5.96. The van der Waals surface area contributed by atoms with Crippen LogP contribution in [0, 0.1) is 0 Å². The number of Topliss-reactive ketones (excluding diaryl/α,β-unsaturated/α-hetero) is 1. The normalized spacial score (nSPS) is 10.7. The van der Waals surface area contributed by atoms with Crippen LogP contribution in [0.5, 0.6) is 0 Å². The van der Waals surface area contributed by atoms with Crippen LogP contribution in [-0.2, 0) is 6.42 Å². The van der Waals surface area contributed by atoms with E-state index in [-0.39, 0.29) is 5.78 Å². The first-order valence-electron chi connectivity index (χ1n) is 8.10. The monoisotopic (exact) mass is 275 g/mol. The highest BCUT2D eigenvalue weighted by atomic mass is 16.1. The molecule has 0 aliphatic rings. The number of unbranched alkanes of at least 4 members (excludes halogenated alkanes) is 6.